The number of carbonyl (C=O) groups is 1. The first-order valence-electron chi connectivity index (χ1n) is 5.19. The molecule has 0 aliphatic rings. The Labute approximate surface area is 111 Å². The highest BCUT2D eigenvalue weighted by atomic mass is 79.9. The van der Waals surface area contributed by atoms with Crippen LogP contribution in [0.15, 0.2) is 28.9 Å². The molecule has 2 rings (SSSR count). The average molecular weight is 313 g/mol. The molecule has 6 heteroatoms. The number of imidazole rings is 1. The number of carboxylic acid groups (broad SMARTS) is 1. The summed E-state index contributed by atoms with van der Waals surface area (Å²) in [7, 11) is 0. The molecule has 0 aliphatic heterocycles. The lowest BCUT2D eigenvalue weighted by molar-refractivity contribution is 0.0685. The van der Waals surface area contributed by atoms with Crippen molar-refractivity contribution in [2.45, 2.75) is 13.5 Å². The van der Waals surface area contributed by atoms with Crippen molar-refractivity contribution >= 4 is 21.9 Å². The molecule has 1 aromatic carbocycles. The van der Waals surface area contributed by atoms with Crippen LogP contribution in [0, 0.1) is 12.7 Å². The van der Waals surface area contributed by atoms with Crippen molar-refractivity contribution in [2.75, 3.05) is 0 Å². The van der Waals surface area contributed by atoms with Crippen LogP contribution in [0.25, 0.3) is 0 Å². The van der Waals surface area contributed by atoms with Crippen LogP contribution < -0.4 is 0 Å². The number of rotatable bonds is 3. The lowest BCUT2D eigenvalue weighted by Gasteiger charge is -2.10. The molecule has 0 unspecified atom stereocenters. The van der Waals surface area contributed by atoms with Gasteiger partial charge < -0.3 is 9.67 Å². The minimum atomic E-state index is -1.05. The molecule has 0 saturated heterocycles. The van der Waals surface area contributed by atoms with Crippen molar-refractivity contribution < 1.29 is 14.3 Å². The number of aromatic nitrogens is 2. The monoisotopic (exact) mass is 312 g/mol. The van der Waals surface area contributed by atoms with Crippen molar-refractivity contribution in [2.24, 2.45) is 0 Å². The molecule has 1 heterocycles. The van der Waals surface area contributed by atoms with E-state index in [1.165, 1.54) is 16.8 Å². The molecule has 0 amide bonds. The molecule has 0 aliphatic carbocycles. The summed E-state index contributed by atoms with van der Waals surface area (Å²) in [6.07, 6.45) is 1.30. The lowest BCUT2D eigenvalue weighted by Crippen LogP contribution is -2.11. The lowest BCUT2D eigenvalue weighted by atomic mass is 10.2. The number of aromatic carboxylic acids is 1. The van der Waals surface area contributed by atoms with Gasteiger partial charge in [0.25, 0.3) is 0 Å². The number of nitrogens with zero attached hydrogens (tertiary/aromatic N) is 2. The molecule has 0 atom stereocenters. The number of benzene rings is 1. The second kappa shape index (κ2) is 4.89. The third-order valence-corrected chi connectivity index (χ3v) is 3.52. The Bertz CT molecular complexity index is 610. The van der Waals surface area contributed by atoms with Gasteiger partial charge in [-0.15, -0.1) is 0 Å². The summed E-state index contributed by atoms with van der Waals surface area (Å²) in [5.41, 5.74) is 0.752. The van der Waals surface area contributed by atoms with E-state index in [2.05, 4.69) is 20.9 Å². The second-order valence-corrected chi connectivity index (χ2v) is 4.59. The van der Waals surface area contributed by atoms with Gasteiger partial charge in [-0.2, -0.15) is 0 Å². The van der Waals surface area contributed by atoms with Crippen molar-refractivity contribution in [3.63, 3.8) is 0 Å². The molecule has 0 radical (unpaired) electrons. The van der Waals surface area contributed by atoms with E-state index < -0.39 is 5.97 Å². The first kappa shape index (κ1) is 12.8. The predicted octanol–water partition coefficient (Wildman–Crippen LogP) is 2.84. The van der Waals surface area contributed by atoms with Crippen molar-refractivity contribution in [1.82, 2.24) is 9.55 Å². The standard InChI is InChI=1S/C12H10BrFN2O2/c1-7-15-5-10(12(17)18)16(7)6-8-3-2-4-9(14)11(8)13/h2-5H,6H2,1H3,(H,17,18). The first-order valence-corrected chi connectivity index (χ1v) is 5.98. The van der Waals surface area contributed by atoms with E-state index >= 15 is 0 Å². The van der Waals surface area contributed by atoms with E-state index in [1.807, 2.05) is 0 Å². The molecule has 1 aromatic heterocycles. The smallest absolute Gasteiger partial charge is 0.354 e. The number of aryl methyl sites for hydroxylation is 1. The van der Waals surface area contributed by atoms with Gasteiger partial charge in [-0.1, -0.05) is 12.1 Å². The first-order chi connectivity index (χ1) is 8.50. The summed E-state index contributed by atoms with van der Waals surface area (Å²) in [6, 6.07) is 4.66. The highest BCUT2D eigenvalue weighted by Gasteiger charge is 2.15. The third kappa shape index (κ3) is 2.28. The highest BCUT2D eigenvalue weighted by molar-refractivity contribution is 9.10. The zero-order valence-corrected chi connectivity index (χ0v) is 11.1. The van der Waals surface area contributed by atoms with Gasteiger partial charge in [-0.3, -0.25) is 0 Å². The molecule has 0 bridgehead atoms. The zero-order chi connectivity index (χ0) is 13.3. The Morgan fingerprint density at radius 2 is 2.28 bits per heavy atom. The predicted molar refractivity (Wildman–Crippen MR) is 67.1 cm³/mol. The summed E-state index contributed by atoms with van der Waals surface area (Å²) in [4.78, 5) is 15.0. The van der Waals surface area contributed by atoms with Crippen molar-refractivity contribution in [3.05, 3.63) is 51.8 Å². The minimum absolute atomic E-state index is 0.0867. The summed E-state index contributed by atoms with van der Waals surface area (Å²) < 4.78 is 15.3. The molecule has 18 heavy (non-hydrogen) atoms. The molecule has 94 valence electrons. The largest absolute Gasteiger partial charge is 0.477 e. The Hall–Kier alpha value is -1.69. The third-order valence-electron chi connectivity index (χ3n) is 2.63. The molecular weight excluding hydrogens is 303 g/mol. The van der Waals surface area contributed by atoms with E-state index in [4.69, 9.17) is 5.11 Å². The van der Waals surface area contributed by atoms with Crippen molar-refractivity contribution in [1.29, 1.82) is 0 Å². The molecule has 0 fully saturated rings. The highest BCUT2D eigenvalue weighted by Crippen LogP contribution is 2.22. The normalized spacial score (nSPS) is 10.6. The molecule has 4 nitrogen and oxygen atoms in total. The van der Waals surface area contributed by atoms with Gasteiger partial charge in [0, 0.05) is 0 Å². The number of hydrogen-bond acceptors (Lipinski definition) is 2. The summed E-state index contributed by atoms with van der Waals surface area (Å²) in [5.74, 6) is -0.853. The van der Waals surface area contributed by atoms with Gasteiger partial charge in [0.1, 0.15) is 17.3 Å². The maximum Gasteiger partial charge on any atom is 0.354 e. The topological polar surface area (TPSA) is 55.1 Å². The van der Waals surface area contributed by atoms with Gasteiger partial charge >= 0.3 is 5.97 Å². The molecular formula is C12H10BrFN2O2. The zero-order valence-electron chi connectivity index (χ0n) is 9.52. The van der Waals surface area contributed by atoms with E-state index in [1.54, 1.807) is 19.1 Å². The molecule has 2 aromatic rings. The van der Waals surface area contributed by atoms with Crippen LogP contribution >= 0.6 is 15.9 Å². The summed E-state index contributed by atoms with van der Waals surface area (Å²) >= 11 is 3.16. The Kier molecular flexibility index (Phi) is 3.47. The fraction of sp³-hybridized carbons (Fsp3) is 0.167. The van der Waals surface area contributed by atoms with Gasteiger partial charge in [-0.25, -0.2) is 14.2 Å². The van der Waals surface area contributed by atoms with E-state index in [9.17, 15) is 9.18 Å². The van der Waals surface area contributed by atoms with Gasteiger partial charge in [-0.05, 0) is 34.5 Å². The van der Waals surface area contributed by atoms with Gasteiger partial charge in [0.15, 0.2) is 0 Å². The summed E-state index contributed by atoms with van der Waals surface area (Å²) in [6.45, 7) is 1.96. The van der Waals surface area contributed by atoms with Gasteiger partial charge in [0.05, 0.1) is 17.2 Å². The second-order valence-electron chi connectivity index (χ2n) is 3.79. The Morgan fingerprint density at radius 3 is 2.94 bits per heavy atom. The van der Waals surface area contributed by atoms with E-state index in [-0.39, 0.29) is 18.1 Å². The Balaban J connectivity index is 2.43. The van der Waals surface area contributed by atoms with Crippen LogP contribution in [0.4, 0.5) is 4.39 Å². The van der Waals surface area contributed by atoms with Crippen LogP contribution in [0.5, 0.6) is 0 Å². The fourth-order valence-electron chi connectivity index (χ4n) is 1.68. The maximum absolute atomic E-state index is 13.4. The van der Waals surface area contributed by atoms with Crippen LogP contribution in [-0.2, 0) is 6.54 Å². The van der Waals surface area contributed by atoms with Gasteiger partial charge in [0.2, 0.25) is 0 Å². The maximum atomic E-state index is 13.4. The number of hydrogen-bond donors (Lipinski definition) is 1. The average Bonchev–Trinajstić information content (AvgIpc) is 2.67. The van der Waals surface area contributed by atoms with E-state index in [0.717, 1.165) is 0 Å². The minimum Gasteiger partial charge on any atom is -0.477 e. The molecule has 0 saturated carbocycles. The number of carboxylic acids is 1. The van der Waals surface area contributed by atoms with E-state index in [0.29, 0.717) is 15.9 Å². The van der Waals surface area contributed by atoms with Crippen molar-refractivity contribution in [3.8, 4) is 0 Å². The quantitative estimate of drug-likeness (QED) is 0.948. The van der Waals surface area contributed by atoms with Crippen LogP contribution in [0.3, 0.4) is 0 Å². The molecule has 1 N–H and O–H groups in total. The fourth-order valence-corrected chi connectivity index (χ4v) is 2.07. The number of halogens is 2. The van der Waals surface area contributed by atoms with Crippen LogP contribution in [0.2, 0.25) is 0 Å². The van der Waals surface area contributed by atoms with Crippen LogP contribution in [-0.4, -0.2) is 20.6 Å². The SMILES string of the molecule is Cc1ncc(C(=O)O)n1Cc1cccc(F)c1Br. The van der Waals surface area contributed by atoms with Crippen LogP contribution in [0.1, 0.15) is 21.9 Å². The molecule has 0 spiro atoms. The Morgan fingerprint density at radius 1 is 1.56 bits per heavy atom. The summed E-state index contributed by atoms with van der Waals surface area (Å²) in [5, 5.41) is 9.03.